The summed E-state index contributed by atoms with van der Waals surface area (Å²) < 4.78 is 41.7. The van der Waals surface area contributed by atoms with Crippen molar-refractivity contribution in [2.75, 3.05) is 10.0 Å². The first-order chi connectivity index (χ1) is 17.2. The van der Waals surface area contributed by atoms with E-state index in [9.17, 15) is 17.6 Å². The molecule has 2 N–H and O–H groups in total. The highest BCUT2D eigenvalue weighted by molar-refractivity contribution is 7.92. The third kappa shape index (κ3) is 4.75. The predicted octanol–water partition coefficient (Wildman–Crippen LogP) is 6.83. The van der Waals surface area contributed by atoms with Gasteiger partial charge in [0.15, 0.2) is 0 Å². The van der Waals surface area contributed by atoms with Crippen molar-refractivity contribution in [3.63, 3.8) is 0 Å². The Morgan fingerprint density at radius 2 is 1.61 bits per heavy atom. The molecule has 0 unspecified atom stereocenters. The average Bonchev–Trinajstić information content (AvgIpc) is 3.39. The number of hydrogen-bond donors (Lipinski definition) is 2. The van der Waals surface area contributed by atoms with Crippen molar-refractivity contribution >= 4 is 59.5 Å². The van der Waals surface area contributed by atoms with Crippen LogP contribution in [-0.2, 0) is 10.0 Å². The van der Waals surface area contributed by atoms with Gasteiger partial charge >= 0.3 is 0 Å². The number of amides is 1. The van der Waals surface area contributed by atoms with Crippen LogP contribution in [0.2, 0.25) is 0 Å². The normalized spacial score (nSPS) is 11.5. The monoisotopic (exact) mass is 537 g/mol. The summed E-state index contributed by atoms with van der Waals surface area (Å²) in [6, 6.07) is 18.6. The lowest BCUT2D eigenvalue weighted by Gasteiger charge is -2.09. The van der Waals surface area contributed by atoms with Gasteiger partial charge in [0, 0.05) is 21.7 Å². The van der Waals surface area contributed by atoms with Gasteiger partial charge in [-0.3, -0.25) is 9.52 Å². The fourth-order valence-corrected chi connectivity index (χ4v) is 6.90. The lowest BCUT2D eigenvalue weighted by Crippen LogP contribution is -2.14. The van der Waals surface area contributed by atoms with E-state index in [1.807, 2.05) is 38.1 Å². The second kappa shape index (κ2) is 9.45. The van der Waals surface area contributed by atoms with E-state index in [-0.39, 0.29) is 16.5 Å². The van der Waals surface area contributed by atoms with Crippen LogP contribution in [0.1, 0.15) is 20.8 Å². The first-order valence-electron chi connectivity index (χ1n) is 10.9. The molecule has 5 aromatic rings. The molecule has 0 aliphatic heterocycles. The van der Waals surface area contributed by atoms with Crippen molar-refractivity contribution in [3.05, 3.63) is 94.6 Å². The van der Waals surface area contributed by atoms with Crippen LogP contribution < -0.4 is 10.0 Å². The Balaban J connectivity index is 1.36. The molecule has 0 aliphatic rings. The van der Waals surface area contributed by atoms with Crippen LogP contribution in [0.3, 0.4) is 0 Å². The molecule has 6 nitrogen and oxygen atoms in total. The molecule has 0 bridgehead atoms. The molecule has 1 amide bonds. The number of para-hydroxylation sites is 1. The number of carbonyl (C=O) groups is 1. The summed E-state index contributed by atoms with van der Waals surface area (Å²) in [5, 5.41) is 4.57. The predicted molar refractivity (Wildman–Crippen MR) is 144 cm³/mol. The molecular formula is C26H20FN3O3S3. The number of carbonyl (C=O) groups excluding carboxylic acids is 1. The molecule has 3 aromatic carbocycles. The zero-order valence-corrected chi connectivity index (χ0v) is 21.7. The summed E-state index contributed by atoms with van der Waals surface area (Å²) in [7, 11) is -3.88. The molecule has 0 aliphatic carbocycles. The van der Waals surface area contributed by atoms with E-state index in [0.29, 0.717) is 5.56 Å². The van der Waals surface area contributed by atoms with Crippen molar-refractivity contribution in [2.24, 2.45) is 0 Å². The molecular weight excluding hydrogens is 518 g/mol. The third-order valence-electron chi connectivity index (χ3n) is 5.64. The van der Waals surface area contributed by atoms with Gasteiger partial charge in [-0.1, -0.05) is 12.1 Å². The molecule has 5 rings (SSSR count). The summed E-state index contributed by atoms with van der Waals surface area (Å²) in [6.45, 7) is 4.03. The fourth-order valence-electron chi connectivity index (χ4n) is 3.64. The number of hydrogen-bond acceptors (Lipinski definition) is 6. The highest BCUT2D eigenvalue weighted by atomic mass is 32.2. The van der Waals surface area contributed by atoms with Gasteiger partial charge in [-0.25, -0.2) is 17.8 Å². The number of thiazole rings is 1. The topological polar surface area (TPSA) is 88.2 Å². The minimum Gasteiger partial charge on any atom is -0.313 e. The van der Waals surface area contributed by atoms with Crippen LogP contribution in [0.25, 0.3) is 20.8 Å². The number of aryl methyl sites for hydroxylation is 1. The summed E-state index contributed by atoms with van der Waals surface area (Å²) >= 11 is 3.07. The standard InChI is InChI=1S/C26H20FN3O3S3/c1-15-16(2)34-26(23(15)25-28-21-5-3-4-6-22(21)35-25)29-24(31)17-7-11-19(12-8-17)30-36(32,33)20-13-9-18(27)10-14-20/h3-14,30H,1-2H3,(H,29,31). The molecule has 0 saturated heterocycles. The second-order valence-electron chi connectivity index (χ2n) is 8.07. The number of benzene rings is 3. The van der Waals surface area contributed by atoms with Crippen LogP contribution in [0.15, 0.2) is 77.7 Å². The van der Waals surface area contributed by atoms with Gasteiger partial charge in [0.1, 0.15) is 15.8 Å². The van der Waals surface area contributed by atoms with E-state index < -0.39 is 15.8 Å². The van der Waals surface area contributed by atoms with Gasteiger partial charge in [0.2, 0.25) is 0 Å². The maximum atomic E-state index is 13.1. The number of anilines is 2. The van der Waals surface area contributed by atoms with Gasteiger partial charge in [0.25, 0.3) is 15.9 Å². The highest BCUT2D eigenvalue weighted by Crippen LogP contribution is 2.43. The summed E-state index contributed by atoms with van der Waals surface area (Å²) in [5.41, 5.74) is 3.56. The van der Waals surface area contributed by atoms with Crippen LogP contribution >= 0.6 is 22.7 Å². The van der Waals surface area contributed by atoms with E-state index in [0.717, 1.165) is 48.4 Å². The minimum atomic E-state index is -3.88. The van der Waals surface area contributed by atoms with E-state index in [4.69, 9.17) is 4.98 Å². The Kier molecular flexibility index (Phi) is 6.33. The number of nitrogens with zero attached hydrogens (tertiary/aromatic N) is 1. The number of sulfonamides is 1. The Morgan fingerprint density at radius 1 is 0.917 bits per heavy atom. The van der Waals surface area contributed by atoms with Gasteiger partial charge < -0.3 is 5.32 Å². The van der Waals surface area contributed by atoms with Crippen LogP contribution in [0, 0.1) is 19.7 Å². The maximum absolute atomic E-state index is 13.1. The minimum absolute atomic E-state index is 0.0588. The zero-order chi connectivity index (χ0) is 25.4. The lowest BCUT2D eigenvalue weighted by atomic mass is 10.1. The smallest absolute Gasteiger partial charge is 0.261 e. The van der Waals surface area contributed by atoms with Gasteiger partial charge in [-0.2, -0.15) is 0 Å². The van der Waals surface area contributed by atoms with Gasteiger partial charge in [0.05, 0.1) is 15.1 Å². The molecule has 36 heavy (non-hydrogen) atoms. The van der Waals surface area contributed by atoms with Crippen LogP contribution in [0.4, 0.5) is 15.1 Å². The van der Waals surface area contributed by atoms with Crippen molar-refractivity contribution in [1.29, 1.82) is 0 Å². The summed E-state index contributed by atoms with van der Waals surface area (Å²) in [6.07, 6.45) is 0. The number of halogens is 1. The SMILES string of the molecule is Cc1sc(NC(=O)c2ccc(NS(=O)(=O)c3ccc(F)cc3)cc2)c(-c2nc3ccccc3s2)c1C. The van der Waals surface area contributed by atoms with Crippen molar-refractivity contribution in [2.45, 2.75) is 18.7 Å². The molecule has 0 saturated carbocycles. The molecule has 182 valence electrons. The second-order valence-corrected chi connectivity index (χ2v) is 12.0. The Labute approximate surface area is 215 Å². The van der Waals surface area contributed by atoms with Crippen molar-refractivity contribution in [3.8, 4) is 10.6 Å². The van der Waals surface area contributed by atoms with Crippen molar-refractivity contribution in [1.82, 2.24) is 4.98 Å². The molecule has 2 aromatic heterocycles. The van der Waals surface area contributed by atoms with E-state index in [1.54, 1.807) is 23.5 Å². The Bertz CT molecular complexity index is 1660. The van der Waals surface area contributed by atoms with Crippen LogP contribution in [0.5, 0.6) is 0 Å². The van der Waals surface area contributed by atoms with Crippen LogP contribution in [-0.4, -0.2) is 19.3 Å². The van der Waals surface area contributed by atoms with Gasteiger partial charge in [-0.15, -0.1) is 22.7 Å². The fraction of sp³-hybridized carbons (Fsp3) is 0.0769. The Morgan fingerprint density at radius 3 is 2.31 bits per heavy atom. The molecule has 0 atom stereocenters. The first kappa shape index (κ1) is 24.1. The summed E-state index contributed by atoms with van der Waals surface area (Å²) in [5.74, 6) is -0.835. The summed E-state index contributed by atoms with van der Waals surface area (Å²) in [4.78, 5) is 18.8. The number of rotatable bonds is 6. The molecule has 0 spiro atoms. The first-order valence-corrected chi connectivity index (χ1v) is 14.0. The van der Waals surface area contributed by atoms with E-state index >= 15 is 0 Å². The Hall–Kier alpha value is -3.60. The lowest BCUT2D eigenvalue weighted by molar-refractivity contribution is 0.102. The van der Waals surface area contributed by atoms with E-state index in [2.05, 4.69) is 10.0 Å². The molecule has 2 heterocycles. The zero-order valence-electron chi connectivity index (χ0n) is 19.2. The highest BCUT2D eigenvalue weighted by Gasteiger charge is 2.20. The number of fused-ring (bicyclic) bond motifs is 1. The van der Waals surface area contributed by atoms with Crippen molar-refractivity contribution < 1.29 is 17.6 Å². The number of aromatic nitrogens is 1. The number of nitrogens with one attached hydrogen (secondary N) is 2. The number of thiophene rings is 1. The largest absolute Gasteiger partial charge is 0.313 e. The van der Waals surface area contributed by atoms with Gasteiger partial charge in [-0.05, 0) is 80.1 Å². The molecule has 0 fully saturated rings. The quantitative estimate of drug-likeness (QED) is 0.248. The third-order valence-corrected chi connectivity index (χ3v) is 9.22. The van der Waals surface area contributed by atoms with E-state index in [1.165, 1.54) is 35.6 Å². The maximum Gasteiger partial charge on any atom is 0.261 e. The molecule has 0 radical (unpaired) electrons. The average molecular weight is 538 g/mol. The molecule has 10 heteroatoms.